The zero-order chi connectivity index (χ0) is 16.7. The number of likely N-dealkylation sites (tertiary alicyclic amines) is 1. The van der Waals surface area contributed by atoms with E-state index in [9.17, 15) is 14.0 Å². The predicted octanol–water partition coefficient (Wildman–Crippen LogP) is 1.03. The van der Waals surface area contributed by atoms with E-state index in [0.29, 0.717) is 44.9 Å². The van der Waals surface area contributed by atoms with Crippen LogP contribution in [0.1, 0.15) is 24.8 Å². The number of aliphatic imine (C=N–C) groups is 1. The first-order valence-corrected chi connectivity index (χ1v) is 7.62. The average molecular weight is 320 g/mol. The Labute approximate surface area is 134 Å². The van der Waals surface area contributed by atoms with Crippen LogP contribution in [0.3, 0.4) is 0 Å². The highest BCUT2D eigenvalue weighted by molar-refractivity contribution is 5.97. The van der Waals surface area contributed by atoms with E-state index in [2.05, 4.69) is 15.6 Å². The Bertz CT molecular complexity index is 587. The van der Waals surface area contributed by atoms with Crippen molar-refractivity contribution in [3.8, 4) is 0 Å². The molecule has 7 heteroatoms. The Hall–Kier alpha value is -2.44. The minimum Gasteiger partial charge on any atom is -0.355 e. The van der Waals surface area contributed by atoms with Crippen molar-refractivity contribution < 1.29 is 14.0 Å². The van der Waals surface area contributed by atoms with Gasteiger partial charge in [-0.25, -0.2) is 4.39 Å². The zero-order valence-electron chi connectivity index (χ0n) is 13.1. The molecule has 1 aliphatic heterocycles. The first kappa shape index (κ1) is 16.9. The molecule has 2 amide bonds. The second-order valence-corrected chi connectivity index (χ2v) is 5.28. The second kappa shape index (κ2) is 8.26. The standard InChI is InChI=1S/C16H21FN4O2/c1-18-16(20-11-12-4-2-5-13(17)10-12)19-8-9-21-14(22)6-3-7-15(21)23/h2,4-5,10H,3,6-9,11H2,1H3,(H2,18,19,20). The van der Waals surface area contributed by atoms with Crippen LogP contribution in [0.2, 0.25) is 0 Å². The van der Waals surface area contributed by atoms with Crippen LogP contribution in [0.15, 0.2) is 29.3 Å². The number of nitrogens with zero attached hydrogens (tertiary/aromatic N) is 2. The summed E-state index contributed by atoms with van der Waals surface area (Å²) in [6, 6.07) is 6.30. The van der Waals surface area contributed by atoms with Crippen molar-refractivity contribution in [3.05, 3.63) is 35.6 Å². The third kappa shape index (κ3) is 5.05. The number of carbonyl (C=O) groups is 2. The number of halogens is 1. The van der Waals surface area contributed by atoms with Crippen LogP contribution < -0.4 is 10.6 Å². The highest BCUT2D eigenvalue weighted by Gasteiger charge is 2.25. The molecule has 2 rings (SSSR count). The van der Waals surface area contributed by atoms with E-state index in [1.165, 1.54) is 17.0 Å². The molecular weight excluding hydrogens is 299 g/mol. The summed E-state index contributed by atoms with van der Waals surface area (Å²) >= 11 is 0. The van der Waals surface area contributed by atoms with E-state index < -0.39 is 0 Å². The summed E-state index contributed by atoms with van der Waals surface area (Å²) in [7, 11) is 1.62. The fourth-order valence-corrected chi connectivity index (χ4v) is 2.39. The average Bonchev–Trinajstić information content (AvgIpc) is 2.53. The maximum atomic E-state index is 13.1. The van der Waals surface area contributed by atoms with Gasteiger partial charge in [-0.15, -0.1) is 0 Å². The Morgan fingerprint density at radius 3 is 2.65 bits per heavy atom. The molecule has 0 bridgehead atoms. The SMILES string of the molecule is CN=C(NCCN1C(=O)CCCC1=O)NCc1cccc(F)c1. The Kier molecular flexibility index (Phi) is 6.08. The van der Waals surface area contributed by atoms with Crippen LogP contribution in [-0.2, 0) is 16.1 Å². The maximum absolute atomic E-state index is 13.1. The number of benzene rings is 1. The molecule has 1 saturated heterocycles. The number of guanidine groups is 1. The van der Waals surface area contributed by atoms with Gasteiger partial charge in [0.1, 0.15) is 5.82 Å². The number of imide groups is 1. The van der Waals surface area contributed by atoms with Gasteiger partial charge in [0.25, 0.3) is 0 Å². The van der Waals surface area contributed by atoms with Gasteiger partial charge in [-0.05, 0) is 24.1 Å². The molecule has 0 atom stereocenters. The Morgan fingerprint density at radius 2 is 2.00 bits per heavy atom. The minimum atomic E-state index is -0.283. The molecule has 1 aromatic carbocycles. The fraction of sp³-hybridized carbons (Fsp3) is 0.438. The van der Waals surface area contributed by atoms with Crippen molar-refractivity contribution in [3.63, 3.8) is 0 Å². The monoisotopic (exact) mass is 320 g/mol. The predicted molar refractivity (Wildman–Crippen MR) is 85.2 cm³/mol. The van der Waals surface area contributed by atoms with Gasteiger partial charge in [-0.1, -0.05) is 12.1 Å². The summed E-state index contributed by atoms with van der Waals surface area (Å²) in [6.07, 6.45) is 1.50. The lowest BCUT2D eigenvalue weighted by molar-refractivity contribution is -0.147. The molecular formula is C16H21FN4O2. The number of piperidine rings is 1. The van der Waals surface area contributed by atoms with Crippen molar-refractivity contribution in [2.24, 2.45) is 4.99 Å². The topological polar surface area (TPSA) is 73.8 Å². The number of hydrogen-bond donors (Lipinski definition) is 2. The quantitative estimate of drug-likeness (QED) is 0.483. The smallest absolute Gasteiger partial charge is 0.229 e. The number of nitrogens with one attached hydrogen (secondary N) is 2. The van der Waals surface area contributed by atoms with Crippen LogP contribution in [0.4, 0.5) is 4.39 Å². The van der Waals surface area contributed by atoms with E-state index in [1.807, 2.05) is 6.07 Å². The van der Waals surface area contributed by atoms with Crippen LogP contribution >= 0.6 is 0 Å². The minimum absolute atomic E-state index is 0.120. The molecule has 1 heterocycles. The third-order valence-electron chi connectivity index (χ3n) is 3.58. The van der Waals surface area contributed by atoms with Crippen LogP contribution in [0.25, 0.3) is 0 Å². The van der Waals surface area contributed by atoms with Gasteiger partial charge in [0, 0.05) is 39.5 Å². The number of hydrogen-bond acceptors (Lipinski definition) is 3. The molecule has 6 nitrogen and oxygen atoms in total. The third-order valence-corrected chi connectivity index (χ3v) is 3.58. The van der Waals surface area contributed by atoms with E-state index in [-0.39, 0.29) is 17.6 Å². The lowest BCUT2D eigenvalue weighted by Gasteiger charge is -2.25. The van der Waals surface area contributed by atoms with Gasteiger partial charge in [-0.2, -0.15) is 0 Å². The Balaban J connectivity index is 1.77. The van der Waals surface area contributed by atoms with Crippen molar-refractivity contribution in [2.75, 3.05) is 20.1 Å². The van der Waals surface area contributed by atoms with Gasteiger partial charge in [0.15, 0.2) is 5.96 Å². The molecule has 23 heavy (non-hydrogen) atoms. The van der Waals surface area contributed by atoms with Gasteiger partial charge in [0.2, 0.25) is 11.8 Å². The van der Waals surface area contributed by atoms with Gasteiger partial charge in [0.05, 0.1) is 0 Å². The molecule has 1 aliphatic rings. The number of carbonyl (C=O) groups excluding carboxylic acids is 2. The molecule has 0 saturated carbocycles. The second-order valence-electron chi connectivity index (χ2n) is 5.28. The lowest BCUT2D eigenvalue weighted by Crippen LogP contribution is -2.46. The molecule has 0 unspecified atom stereocenters. The summed E-state index contributed by atoms with van der Waals surface area (Å²) in [5.74, 6) is 0.0112. The highest BCUT2D eigenvalue weighted by Crippen LogP contribution is 2.11. The van der Waals surface area contributed by atoms with Gasteiger partial charge >= 0.3 is 0 Å². The summed E-state index contributed by atoms with van der Waals surface area (Å²) in [5.41, 5.74) is 0.800. The van der Waals surface area contributed by atoms with Gasteiger partial charge in [-0.3, -0.25) is 19.5 Å². The number of rotatable bonds is 5. The van der Waals surface area contributed by atoms with E-state index in [0.717, 1.165) is 5.56 Å². The van der Waals surface area contributed by atoms with Crippen LogP contribution in [0.5, 0.6) is 0 Å². The maximum Gasteiger partial charge on any atom is 0.229 e. The molecule has 1 aromatic rings. The Morgan fingerprint density at radius 1 is 1.26 bits per heavy atom. The zero-order valence-corrected chi connectivity index (χ0v) is 13.1. The molecule has 2 N–H and O–H groups in total. The summed E-state index contributed by atoms with van der Waals surface area (Å²) in [6.45, 7) is 1.16. The first-order valence-electron chi connectivity index (χ1n) is 7.62. The fourth-order valence-electron chi connectivity index (χ4n) is 2.39. The van der Waals surface area contributed by atoms with Crippen molar-refractivity contribution in [2.45, 2.75) is 25.8 Å². The lowest BCUT2D eigenvalue weighted by atomic mass is 10.1. The molecule has 0 radical (unpaired) electrons. The molecule has 0 aromatic heterocycles. The summed E-state index contributed by atoms with van der Waals surface area (Å²) < 4.78 is 13.1. The van der Waals surface area contributed by atoms with Crippen molar-refractivity contribution in [1.29, 1.82) is 0 Å². The van der Waals surface area contributed by atoms with Gasteiger partial charge < -0.3 is 10.6 Å². The van der Waals surface area contributed by atoms with E-state index in [4.69, 9.17) is 0 Å². The van der Waals surface area contributed by atoms with Crippen molar-refractivity contribution >= 4 is 17.8 Å². The molecule has 0 spiro atoms. The first-order chi connectivity index (χ1) is 11.1. The summed E-state index contributed by atoms with van der Waals surface area (Å²) in [5, 5.41) is 6.10. The number of amides is 2. The van der Waals surface area contributed by atoms with E-state index >= 15 is 0 Å². The normalized spacial score (nSPS) is 15.7. The van der Waals surface area contributed by atoms with Crippen LogP contribution in [0, 0.1) is 5.82 Å². The van der Waals surface area contributed by atoms with Crippen molar-refractivity contribution in [1.82, 2.24) is 15.5 Å². The summed E-state index contributed by atoms with van der Waals surface area (Å²) in [4.78, 5) is 28.7. The van der Waals surface area contributed by atoms with E-state index in [1.54, 1.807) is 13.1 Å². The largest absolute Gasteiger partial charge is 0.355 e. The molecule has 0 aliphatic carbocycles. The highest BCUT2D eigenvalue weighted by atomic mass is 19.1. The molecule has 1 fully saturated rings. The molecule has 124 valence electrons. The van der Waals surface area contributed by atoms with Crippen LogP contribution in [-0.4, -0.2) is 42.8 Å².